The summed E-state index contributed by atoms with van der Waals surface area (Å²) in [7, 11) is 1.89. The number of amides is 1. The van der Waals surface area contributed by atoms with Crippen LogP contribution in [0.3, 0.4) is 0 Å². The molecule has 0 bridgehead atoms. The van der Waals surface area contributed by atoms with Crippen molar-refractivity contribution in [2.24, 2.45) is 17.8 Å². The maximum Gasteiger partial charge on any atom is 0.305 e. The Morgan fingerprint density at radius 2 is 0.695 bits per heavy atom. The number of hydrogen-bond donors (Lipinski definition) is 0. The third-order valence-electron chi connectivity index (χ3n) is 12.4. The summed E-state index contributed by atoms with van der Waals surface area (Å²) >= 11 is 0. The summed E-state index contributed by atoms with van der Waals surface area (Å²) in [4.78, 5) is 38.0. The van der Waals surface area contributed by atoms with E-state index in [0.717, 1.165) is 45.1 Å². The summed E-state index contributed by atoms with van der Waals surface area (Å²) in [6.07, 6.45) is 43.2. The van der Waals surface area contributed by atoms with Crippen LogP contribution in [-0.4, -0.2) is 49.6 Å². The zero-order chi connectivity index (χ0) is 44.0. The Labute approximate surface area is 369 Å². The highest BCUT2D eigenvalue weighted by molar-refractivity contribution is 5.78. The van der Waals surface area contributed by atoms with Gasteiger partial charge in [0.1, 0.15) is 0 Å². The van der Waals surface area contributed by atoms with E-state index in [0.29, 0.717) is 43.8 Å². The fourth-order valence-corrected chi connectivity index (χ4v) is 7.97. The molecule has 0 aliphatic carbocycles. The van der Waals surface area contributed by atoms with Crippen LogP contribution in [0.4, 0.5) is 0 Å². The minimum Gasteiger partial charge on any atom is -0.465 e. The first-order valence-corrected chi connectivity index (χ1v) is 26.3. The average molecular weight is 836 g/mol. The van der Waals surface area contributed by atoms with Crippen LogP contribution in [0.25, 0.3) is 0 Å². The van der Waals surface area contributed by atoms with Crippen LogP contribution in [0.1, 0.15) is 280 Å². The Hall–Kier alpha value is -1.59. The van der Waals surface area contributed by atoms with Gasteiger partial charge in [-0.15, -0.1) is 0 Å². The Morgan fingerprint density at radius 1 is 0.390 bits per heavy atom. The Morgan fingerprint density at radius 3 is 1.03 bits per heavy atom. The van der Waals surface area contributed by atoms with Crippen LogP contribution in [0.5, 0.6) is 0 Å². The number of hydrogen-bond acceptors (Lipinski definition) is 5. The molecule has 0 aromatic carbocycles. The molecule has 59 heavy (non-hydrogen) atoms. The Bertz CT molecular complexity index is 885. The molecule has 2 unspecified atom stereocenters. The monoisotopic (exact) mass is 836 g/mol. The van der Waals surface area contributed by atoms with Crippen LogP contribution in [0, 0.1) is 17.8 Å². The summed E-state index contributed by atoms with van der Waals surface area (Å²) in [5.74, 6) is 1.74. The molecule has 0 N–H and O–H groups in total. The molecule has 0 aliphatic rings. The van der Waals surface area contributed by atoms with Crippen molar-refractivity contribution in [2.75, 3.05) is 26.8 Å². The average Bonchev–Trinajstić information content (AvgIpc) is 3.25. The summed E-state index contributed by atoms with van der Waals surface area (Å²) in [5, 5.41) is 0. The predicted molar refractivity (Wildman–Crippen MR) is 256 cm³/mol. The van der Waals surface area contributed by atoms with E-state index in [2.05, 4.69) is 41.5 Å². The van der Waals surface area contributed by atoms with Crippen molar-refractivity contribution in [2.45, 2.75) is 280 Å². The second kappa shape index (κ2) is 47.5. The smallest absolute Gasteiger partial charge is 0.305 e. The van der Waals surface area contributed by atoms with Gasteiger partial charge in [0.15, 0.2) is 0 Å². The number of unbranched alkanes of at least 4 members (excludes halogenated alkanes) is 22. The standard InChI is InChI=1S/C41H80O4.C12H25NO/c1-5-9-13-27-33-39(32-12-8-4)37-45-41(43)35-29-26-24-22-20-18-16-14-15-17-19-21-23-25-28-34-40(42)44-36-38(30-10-6-2)31-11-7-3;1-5-8-9-10-11(6-2)12(14)13(4)7-3/h38-39H,5-37H2,1-4H3;11H,5-10H2,1-4H3. The van der Waals surface area contributed by atoms with Crippen LogP contribution < -0.4 is 0 Å². The van der Waals surface area contributed by atoms with Crippen molar-refractivity contribution in [3.8, 4) is 0 Å². The second-order valence-corrected chi connectivity index (χ2v) is 18.1. The summed E-state index contributed by atoms with van der Waals surface area (Å²) in [6, 6.07) is 0. The molecule has 1 amide bonds. The number of esters is 2. The highest BCUT2D eigenvalue weighted by atomic mass is 16.5. The summed E-state index contributed by atoms with van der Waals surface area (Å²) in [6.45, 7) is 17.4. The van der Waals surface area contributed by atoms with Gasteiger partial charge >= 0.3 is 11.9 Å². The molecule has 0 saturated carbocycles. The van der Waals surface area contributed by atoms with E-state index >= 15 is 0 Å². The molecule has 0 fully saturated rings. The maximum absolute atomic E-state index is 12.2. The molecule has 0 spiro atoms. The molecule has 0 saturated heterocycles. The number of nitrogens with zero attached hydrogens (tertiary/aromatic N) is 1. The Balaban J connectivity index is 0. The lowest BCUT2D eigenvalue weighted by Crippen LogP contribution is -2.32. The molecule has 0 rings (SSSR count). The van der Waals surface area contributed by atoms with E-state index < -0.39 is 0 Å². The first-order chi connectivity index (χ1) is 28.7. The van der Waals surface area contributed by atoms with Gasteiger partial charge in [-0.1, -0.05) is 208 Å². The first kappa shape index (κ1) is 59.5. The third kappa shape index (κ3) is 41.5. The third-order valence-corrected chi connectivity index (χ3v) is 12.4. The van der Waals surface area contributed by atoms with Gasteiger partial charge in [0, 0.05) is 32.4 Å². The molecule has 2 atom stereocenters. The number of carbonyl (C=O) groups excluding carboxylic acids is 3. The molecule has 0 aromatic heterocycles. The van der Waals surface area contributed by atoms with Crippen LogP contribution >= 0.6 is 0 Å². The van der Waals surface area contributed by atoms with E-state index in [9.17, 15) is 14.4 Å². The van der Waals surface area contributed by atoms with E-state index in [1.54, 1.807) is 0 Å². The van der Waals surface area contributed by atoms with Crippen molar-refractivity contribution >= 4 is 17.8 Å². The molecule has 6 nitrogen and oxygen atoms in total. The fourth-order valence-electron chi connectivity index (χ4n) is 7.97. The lowest BCUT2D eigenvalue weighted by Gasteiger charge is -2.21. The largest absolute Gasteiger partial charge is 0.465 e. The van der Waals surface area contributed by atoms with Crippen molar-refractivity contribution in [3.63, 3.8) is 0 Å². The lowest BCUT2D eigenvalue weighted by molar-refractivity contribution is -0.146. The summed E-state index contributed by atoms with van der Waals surface area (Å²) in [5.41, 5.74) is 0. The van der Waals surface area contributed by atoms with Gasteiger partial charge < -0.3 is 14.4 Å². The van der Waals surface area contributed by atoms with E-state index in [1.165, 1.54) is 180 Å². The number of carbonyl (C=O) groups is 3. The van der Waals surface area contributed by atoms with E-state index in [1.807, 2.05) is 18.9 Å². The minimum atomic E-state index is 0.0163. The molecule has 0 radical (unpaired) electrons. The van der Waals surface area contributed by atoms with Gasteiger partial charge in [-0.25, -0.2) is 0 Å². The zero-order valence-corrected chi connectivity index (χ0v) is 41.3. The van der Waals surface area contributed by atoms with Gasteiger partial charge in [-0.2, -0.15) is 0 Å². The van der Waals surface area contributed by atoms with Gasteiger partial charge in [0.05, 0.1) is 13.2 Å². The molecule has 352 valence electrons. The zero-order valence-electron chi connectivity index (χ0n) is 41.3. The normalized spacial score (nSPS) is 12.2. The lowest BCUT2D eigenvalue weighted by atomic mass is 9.96. The van der Waals surface area contributed by atoms with Gasteiger partial charge in [-0.3, -0.25) is 14.4 Å². The van der Waals surface area contributed by atoms with Crippen molar-refractivity contribution < 1.29 is 23.9 Å². The second-order valence-electron chi connectivity index (χ2n) is 18.1. The van der Waals surface area contributed by atoms with Crippen LogP contribution in [-0.2, 0) is 23.9 Å². The molecule has 0 aliphatic heterocycles. The quantitative estimate of drug-likeness (QED) is 0.0452. The molecular formula is C53H105NO5. The predicted octanol–water partition coefficient (Wildman–Crippen LogP) is 16.5. The van der Waals surface area contributed by atoms with Gasteiger partial charge in [-0.05, 0) is 70.1 Å². The fraction of sp³-hybridized carbons (Fsp3) is 0.943. The van der Waals surface area contributed by atoms with Crippen molar-refractivity contribution in [1.29, 1.82) is 0 Å². The maximum atomic E-state index is 12.2. The molecule has 0 heterocycles. The van der Waals surface area contributed by atoms with Gasteiger partial charge in [0.25, 0.3) is 0 Å². The van der Waals surface area contributed by atoms with Crippen LogP contribution in [0.2, 0.25) is 0 Å². The Kier molecular flexibility index (Phi) is 47.9. The first-order valence-electron chi connectivity index (χ1n) is 26.3. The highest BCUT2D eigenvalue weighted by Gasteiger charge is 2.18. The minimum absolute atomic E-state index is 0.0163. The summed E-state index contributed by atoms with van der Waals surface area (Å²) < 4.78 is 11.3. The van der Waals surface area contributed by atoms with E-state index in [-0.39, 0.29) is 17.9 Å². The molecule has 6 heteroatoms. The van der Waals surface area contributed by atoms with E-state index in [4.69, 9.17) is 9.47 Å². The van der Waals surface area contributed by atoms with Crippen LogP contribution in [0.15, 0.2) is 0 Å². The topological polar surface area (TPSA) is 72.9 Å². The van der Waals surface area contributed by atoms with Crippen molar-refractivity contribution in [3.05, 3.63) is 0 Å². The van der Waals surface area contributed by atoms with Crippen molar-refractivity contribution in [1.82, 2.24) is 4.90 Å². The number of ether oxygens (including phenoxy) is 2. The highest BCUT2D eigenvalue weighted by Crippen LogP contribution is 2.20. The molecule has 0 aromatic rings. The van der Waals surface area contributed by atoms with Gasteiger partial charge in [0.2, 0.25) is 5.91 Å². The SMILES string of the molecule is CCCCCC(CC)C(=O)N(C)CC.CCCCCCC(CCCC)COC(=O)CCCCCCCCCCCCCCCCCC(=O)OCC(CCCC)CCCC. The molecular weight excluding hydrogens is 731 g/mol. The number of rotatable bonds is 43.